The van der Waals surface area contributed by atoms with Crippen LogP contribution in [0.1, 0.15) is 16.1 Å². The normalized spacial score (nSPS) is 12.2. The van der Waals surface area contributed by atoms with Gasteiger partial charge in [0.05, 0.1) is 31.2 Å². The molecule has 0 aliphatic carbocycles. The average molecular weight is 353 g/mol. The number of rotatable bonds is 7. The van der Waals surface area contributed by atoms with Gasteiger partial charge in [-0.05, 0) is 11.6 Å². The molecule has 0 radical (unpaired) electrons. The number of nitrogens with zero attached hydrogens (tertiary/aromatic N) is 2. The van der Waals surface area contributed by atoms with Crippen LogP contribution >= 0.6 is 0 Å². The molecule has 0 saturated carbocycles. The standard InChI is InChI=1S/C19H19N3O4/c20-18(24)17-15-8-4-5-9-16(15)19(25)22(21-17)10-14(23)12-26-11-13-6-2-1-3-7-13/h1-9,14,23H,10-12H2,(H2,20,24). The van der Waals surface area contributed by atoms with E-state index in [9.17, 15) is 14.7 Å². The van der Waals surface area contributed by atoms with Crippen LogP contribution in [0.5, 0.6) is 0 Å². The zero-order valence-electron chi connectivity index (χ0n) is 14.0. The van der Waals surface area contributed by atoms with Gasteiger partial charge >= 0.3 is 0 Å². The fourth-order valence-electron chi connectivity index (χ4n) is 2.68. The lowest BCUT2D eigenvalue weighted by Crippen LogP contribution is -2.33. The van der Waals surface area contributed by atoms with Gasteiger partial charge in [-0.15, -0.1) is 0 Å². The summed E-state index contributed by atoms with van der Waals surface area (Å²) in [5.74, 6) is -0.732. The molecule has 7 heteroatoms. The van der Waals surface area contributed by atoms with Crippen molar-refractivity contribution in [3.05, 3.63) is 76.2 Å². The number of nitrogens with two attached hydrogens (primary N) is 1. The van der Waals surface area contributed by atoms with E-state index in [2.05, 4.69) is 5.10 Å². The van der Waals surface area contributed by atoms with Gasteiger partial charge in [-0.2, -0.15) is 5.10 Å². The monoisotopic (exact) mass is 353 g/mol. The molecule has 1 aromatic heterocycles. The van der Waals surface area contributed by atoms with Gasteiger partial charge in [-0.1, -0.05) is 48.5 Å². The number of aromatic nitrogens is 2. The number of carbonyl (C=O) groups excluding carboxylic acids is 1. The third-order valence-electron chi connectivity index (χ3n) is 3.91. The third kappa shape index (κ3) is 3.96. The number of aliphatic hydroxyl groups excluding tert-OH is 1. The van der Waals surface area contributed by atoms with Crippen molar-refractivity contribution in [1.29, 1.82) is 0 Å². The number of amides is 1. The molecule has 3 aromatic rings. The second-order valence-electron chi connectivity index (χ2n) is 5.90. The summed E-state index contributed by atoms with van der Waals surface area (Å²) in [5, 5.41) is 14.9. The van der Waals surface area contributed by atoms with Gasteiger partial charge in [0.1, 0.15) is 0 Å². The number of hydrogen-bond donors (Lipinski definition) is 2. The maximum absolute atomic E-state index is 12.5. The van der Waals surface area contributed by atoms with E-state index < -0.39 is 17.6 Å². The number of hydrogen-bond acceptors (Lipinski definition) is 5. The lowest BCUT2D eigenvalue weighted by molar-refractivity contribution is 0.0180. The molecule has 26 heavy (non-hydrogen) atoms. The van der Waals surface area contributed by atoms with Gasteiger partial charge in [0.25, 0.3) is 11.5 Å². The first kappa shape index (κ1) is 17.8. The first-order valence-corrected chi connectivity index (χ1v) is 8.15. The van der Waals surface area contributed by atoms with Crippen molar-refractivity contribution in [1.82, 2.24) is 9.78 Å². The quantitative estimate of drug-likeness (QED) is 0.661. The summed E-state index contributed by atoms with van der Waals surface area (Å²) < 4.78 is 6.53. The highest BCUT2D eigenvalue weighted by atomic mass is 16.5. The van der Waals surface area contributed by atoms with Crippen LogP contribution < -0.4 is 11.3 Å². The van der Waals surface area contributed by atoms with Crippen molar-refractivity contribution in [2.45, 2.75) is 19.3 Å². The zero-order valence-corrected chi connectivity index (χ0v) is 14.0. The summed E-state index contributed by atoms with van der Waals surface area (Å²) in [6.45, 7) is 0.283. The number of aliphatic hydroxyl groups is 1. The van der Waals surface area contributed by atoms with Crippen molar-refractivity contribution in [3.63, 3.8) is 0 Å². The van der Waals surface area contributed by atoms with Gasteiger partial charge in [-0.3, -0.25) is 9.59 Å². The Kier molecular flexibility index (Phi) is 5.40. The number of primary amides is 1. The largest absolute Gasteiger partial charge is 0.389 e. The minimum Gasteiger partial charge on any atom is -0.389 e. The van der Waals surface area contributed by atoms with E-state index in [-0.39, 0.29) is 18.8 Å². The van der Waals surface area contributed by atoms with E-state index in [4.69, 9.17) is 10.5 Å². The van der Waals surface area contributed by atoms with Crippen LogP contribution in [0.4, 0.5) is 0 Å². The Morgan fingerprint density at radius 2 is 1.77 bits per heavy atom. The summed E-state index contributed by atoms with van der Waals surface area (Å²) in [6.07, 6.45) is -0.953. The third-order valence-corrected chi connectivity index (χ3v) is 3.91. The summed E-state index contributed by atoms with van der Waals surface area (Å²) in [5.41, 5.74) is 5.96. The molecule has 3 rings (SSSR count). The lowest BCUT2D eigenvalue weighted by atomic mass is 10.1. The molecule has 134 valence electrons. The highest BCUT2D eigenvalue weighted by molar-refractivity contribution is 6.03. The maximum Gasteiger partial charge on any atom is 0.274 e. The van der Waals surface area contributed by atoms with Crippen molar-refractivity contribution in [2.75, 3.05) is 6.61 Å². The summed E-state index contributed by atoms with van der Waals surface area (Å²) >= 11 is 0. The smallest absolute Gasteiger partial charge is 0.274 e. The fourth-order valence-corrected chi connectivity index (χ4v) is 2.68. The predicted octanol–water partition coefficient (Wildman–Crippen LogP) is 1.07. The molecule has 0 fully saturated rings. The fraction of sp³-hybridized carbons (Fsp3) is 0.211. The SMILES string of the molecule is NC(=O)c1nn(CC(O)COCc2ccccc2)c(=O)c2ccccc12. The van der Waals surface area contributed by atoms with E-state index in [0.717, 1.165) is 10.2 Å². The van der Waals surface area contributed by atoms with Crippen LogP contribution in [-0.4, -0.2) is 33.5 Å². The summed E-state index contributed by atoms with van der Waals surface area (Å²) in [7, 11) is 0. The van der Waals surface area contributed by atoms with Crippen LogP contribution in [0.15, 0.2) is 59.4 Å². The molecule has 0 bridgehead atoms. The first-order valence-electron chi connectivity index (χ1n) is 8.15. The van der Waals surface area contributed by atoms with Gasteiger partial charge < -0.3 is 15.6 Å². The van der Waals surface area contributed by atoms with Crippen LogP contribution in [0.25, 0.3) is 10.8 Å². The predicted molar refractivity (Wildman–Crippen MR) is 96.6 cm³/mol. The highest BCUT2D eigenvalue weighted by Crippen LogP contribution is 2.12. The Morgan fingerprint density at radius 1 is 1.12 bits per heavy atom. The topological polar surface area (TPSA) is 107 Å². The molecule has 1 atom stereocenters. The zero-order chi connectivity index (χ0) is 18.5. The second kappa shape index (κ2) is 7.90. The second-order valence-corrected chi connectivity index (χ2v) is 5.90. The Balaban J connectivity index is 1.74. The molecular weight excluding hydrogens is 334 g/mol. The van der Waals surface area contributed by atoms with E-state index in [1.807, 2.05) is 30.3 Å². The lowest BCUT2D eigenvalue weighted by Gasteiger charge is -2.14. The van der Waals surface area contributed by atoms with Gasteiger partial charge in [-0.25, -0.2) is 4.68 Å². The molecule has 0 aliphatic rings. The molecule has 0 spiro atoms. The molecular formula is C19H19N3O4. The van der Waals surface area contributed by atoms with E-state index in [1.54, 1.807) is 24.3 Å². The van der Waals surface area contributed by atoms with Crippen molar-refractivity contribution in [3.8, 4) is 0 Å². The van der Waals surface area contributed by atoms with E-state index in [1.165, 1.54) is 0 Å². The molecule has 0 aliphatic heterocycles. The van der Waals surface area contributed by atoms with Gasteiger partial charge in [0.2, 0.25) is 0 Å². The first-order chi connectivity index (χ1) is 12.6. The summed E-state index contributed by atoms with van der Waals surface area (Å²) in [4.78, 5) is 24.2. The Morgan fingerprint density at radius 3 is 2.46 bits per heavy atom. The molecule has 0 saturated heterocycles. The summed E-state index contributed by atoms with van der Waals surface area (Å²) in [6, 6.07) is 16.2. The molecule has 3 N–H and O–H groups in total. The highest BCUT2D eigenvalue weighted by Gasteiger charge is 2.16. The number of fused-ring (bicyclic) bond motifs is 1. The number of benzene rings is 2. The van der Waals surface area contributed by atoms with Crippen LogP contribution in [0.3, 0.4) is 0 Å². The van der Waals surface area contributed by atoms with Crippen molar-refractivity contribution < 1.29 is 14.6 Å². The molecule has 7 nitrogen and oxygen atoms in total. The number of carbonyl (C=O) groups is 1. The Hall–Kier alpha value is -3.03. The maximum atomic E-state index is 12.5. The molecule has 1 amide bonds. The molecule has 2 aromatic carbocycles. The van der Waals surface area contributed by atoms with Gasteiger partial charge in [0.15, 0.2) is 5.69 Å². The Labute approximate surface area is 149 Å². The average Bonchev–Trinajstić information content (AvgIpc) is 2.65. The van der Waals surface area contributed by atoms with Crippen molar-refractivity contribution >= 4 is 16.7 Å². The van der Waals surface area contributed by atoms with Gasteiger partial charge in [0, 0.05) is 5.39 Å². The molecule has 1 heterocycles. The van der Waals surface area contributed by atoms with Crippen molar-refractivity contribution in [2.24, 2.45) is 5.73 Å². The number of ether oxygens (including phenoxy) is 1. The van der Waals surface area contributed by atoms with Crippen LogP contribution in [0.2, 0.25) is 0 Å². The van der Waals surface area contributed by atoms with E-state index in [0.29, 0.717) is 17.4 Å². The van der Waals surface area contributed by atoms with Crippen LogP contribution in [-0.2, 0) is 17.9 Å². The van der Waals surface area contributed by atoms with E-state index >= 15 is 0 Å². The molecule has 1 unspecified atom stereocenters. The minimum absolute atomic E-state index is 0.00222. The minimum atomic E-state index is -0.953. The van der Waals surface area contributed by atoms with Crippen LogP contribution in [0, 0.1) is 0 Å². The Bertz CT molecular complexity index is 969.